The van der Waals surface area contributed by atoms with Gasteiger partial charge in [0, 0.05) is 32.9 Å². The standard InChI is InChI=1S/C44H32N2/c1-29-27-39(31-19-23-33(24-20-31)45-41-15-7-3-11-35(41)36-12-4-8-16-42(36)45)40(28-30(29)2)32-21-25-34(26-22-32)46-43-17-9-5-13-37(43)38-14-6-10-18-44(38)46/h3-28H,1-2H3. The molecule has 0 bridgehead atoms. The number of fused-ring (bicyclic) bond motifs is 6. The third kappa shape index (κ3) is 4.04. The summed E-state index contributed by atoms with van der Waals surface area (Å²) in [7, 11) is 0. The number of hydrogen-bond acceptors (Lipinski definition) is 0. The lowest BCUT2D eigenvalue weighted by Crippen LogP contribution is -1.95. The number of aromatic nitrogens is 2. The van der Waals surface area contributed by atoms with Crippen LogP contribution >= 0.6 is 0 Å². The fourth-order valence-electron chi connectivity index (χ4n) is 7.28. The van der Waals surface area contributed by atoms with Crippen molar-refractivity contribution in [2.75, 3.05) is 0 Å². The van der Waals surface area contributed by atoms with Gasteiger partial charge >= 0.3 is 0 Å². The second-order valence-electron chi connectivity index (χ2n) is 12.3. The second-order valence-corrected chi connectivity index (χ2v) is 12.3. The maximum atomic E-state index is 2.38. The summed E-state index contributed by atoms with van der Waals surface area (Å²) in [6.45, 7) is 4.42. The molecule has 0 fully saturated rings. The van der Waals surface area contributed by atoms with Gasteiger partial charge in [0.15, 0.2) is 0 Å². The van der Waals surface area contributed by atoms with Crippen molar-refractivity contribution in [3.05, 3.63) is 169 Å². The highest BCUT2D eigenvalue weighted by molar-refractivity contribution is 6.10. The number of para-hydroxylation sites is 4. The van der Waals surface area contributed by atoms with Crippen molar-refractivity contribution in [3.63, 3.8) is 0 Å². The summed E-state index contributed by atoms with van der Waals surface area (Å²) in [5, 5.41) is 5.12. The van der Waals surface area contributed by atoms with Crippen molar-refractivity contribution in [3.8, 4) is 33.6 Å². The average molecular weight is 589 g/mol. The topological polar surface area (TPSA) is 9.86 Å². The Balaban J connectivity index is 1.14. The van der Waals surface area contributed by atoms with Gasteiger partial charge in [0.2, 0.25) is 0 Å². The zero-order chi connectivity index (χ0) is 30.8. The van der Waals surface area contributed by atoms with E-state index in [1.54, 1.807) is 0 Å². The molecule has 0 spiro atoms. The molecule has 2 aromatic heterocycles. The SMILES string of the molecule is Cc1cc(-c2ccc(-n3c4ccccc4c4ccccc43)cc2)c(-c2ccc(-n3c4ccccc4c4ccccc43)cc2)cc1C. The lowest BCUT2D eigenvalue weighted by molar-refractivity contribution is 1.18. The molecule has 9 aromatic rings. The van der Waals surface area contributed by atoms with Crippen LogP contribution in [-0.2, 0) is 0 Å². The van der Waals surface area contributed by atoms with E-state index in [1.165, 1.54) is 88.4 Å². The average Bonchev–Trinajstić information content (AvgIpc) is 3.63. The molecule has 0 aliphatic carbocycles. The molecule has 0 aliphatic rings. The van der Waals surface area contributed by atoms with E-state index in [9.17, 15) is 0 Å². The van der Waals surface area contributed by atoms with Crippen LogP contribution in [0.1, 0.15) is 11.1 Å². The van der Waals surface area contributed by atoms with Crippen LogP contribution in [0.25, 0.3) is 77.2 Å². The van der Waals surface area contributed by atoms with Gasteiger partial charge in [-0.15, -0.1) is 0 Å². The van der Waals surface area contributed by atoms with Gasteiger partial charge in [0.25, 0.3) is 0 Å². The van der Waals surface area contributed by atoms with Gasteiger partial charge in [-0.1, -0.05) is 109 Å². The van der Waals surface area contributed by atoms with Crippen LogP contribution in [0, 0.1) is 13.8 Å². The molecule has 2 heteroatoms. The van der Waals surface area contributed by atoms with Gasteiger partial charge in [0.1, 0.15) is 0 Å². The Bertz CT molecular complexity index is 2290. The van der Waals surface area contributed by atoms with Gasteiger partial charge in [0.05, 0.1) is 22.1 Å². The molecule has 0 N–H and O–H groups in total. The third-order valence-electron chi connectivity index (χ3n) is 9.67. The van der Waals surface area contributed by atoms with E-state index in [0.29, 0.717) is 0 Å². The van der Waals surface area contributed by atoms with E-state index >= 15 is 0 Å². The van der Waals surface area contributed by atoms with Gasteiger partial charge in [-0.3, -0.25) is 0 Å². The lowest BCUT2D eigenvalue weighted by atomic mass is 9.90. The Morgan fingerprint density at radius 1 is 0.326 bits per heavy atom. The molecule has 0 radical (unpaired) electrons. The summed E-state index contributed by atoms with van der Waals surface area (Å²) >= 11 is 0. The van der Waals surface area contributed by atoms with E-state index in [2.05, 4.69) is 181 Å². The summed E-state index contributed by atoms with van der Waals surface area (Å²) in [5.74, 6) is 0. The van der Waals surface area contributed by atoms with Crippen molar-refractivity contribution < 1.29 is 0 Å². The summed E-state index contributed by atoms with van der Waals surface area (Å²) in [5.41, 5.74) is 14.8. The van der Waals surface area contributed by atoms with E-state index in [-0.39, 0.29) is 0 Å². The number of benzene rings is 7. The number of nitrogens with zero attached hydrogens (tertiary/aromatic N) is 2. The molecule has 0 atom stereocenters. The van der Waals surface area contributed by atoms with Gasteiger partial charge < -0.3 is 9.13 Å². The number of rotatable bonds is 4. The Labute approximate surface area is 268 Å². The first-order chi connectivity index (χ1) is 22.7. The van der Waals surface area contributed by atoms with Crippen LogP contribution in [0.3, 0.4) is 0 Å². The van der Waals surface area contributed by atoms with E-state index in [1.807, 2.05) is 0 Å². The first kappa shape index (κ1) is 26.5. The lowest BCUT2D eigenvalue weighted by Gasteiger charge is -2.16. The highest BCUT2D eigenvalue weighted by Crippen LogP contribution is 2.38. The van der Waals surface area contributed by atoms with Crippen LogP contribution in [0.4, 0.5) is 0 Å². The molecule has 0 saturated carbocycles. The first-order valence-corrected chi connectivity index (χ1v) is 15.9. The highest BCUT2D eigenvalue weighted by atomic mass is 15.0. The predicted octanol–water partition coefficient (Wildman–Crippen LogP) is 11.8. The normalized spacial score (nSPS) is 11.7. The minimum atomic E-state index is 1.17. The van der Waals surface area contributed by atoms with Crippen LogP contribution < -0.4 is 0 Å². The van der Waals surface area contributed by atoms with Crippen molar-refractivity contribution in [2.24, 2.45) is 0 Å². The van der Waals surface area contributed by atoms with Crippen molar-refractivity contribution in [1.82, 2.24) is 9.13 Å². The second kappa shape index (κ2) is 10.4. The maximum Gasteiger partial charge on any atom is 0.0541 e. The minimum Gasteiger partial charge on any atom is -0.309 e. The fraction of sp³-hybridized carbons (Fsp3) is 0.0455. The number of aryl methyl sites for hydroxylation is 2. The zero-order valence-electron chi connectivity index (χ0n) is 25.9. The molecular weight excluding hydrogens is 556 g/mol. The molecule has 7 aromatic carbocycles. The van der Waals surface area contributed by atoms with Crippen LogP contribution in [0.15, 0.2) is 158 Å². The summed E-state index contributed by atoms with van der Waals surface area (Å²) in [6, 6.07) is 57.6. The van der Waals surface area contributed by atoms with Crippen LogP contribution in [0.5, 0.6) is 0 Å². The largest absolute Gasteiger partial charge is 0.309 e. The van der Waals surface area contributed by atoms with Gasteiger partial charge in [-0.25, -0.2) is 0 Å². The smallest absolute Gasteiger partial charge is 0.0541 e. The fourth-order valence-corrected chi connectivity index (χ4v) is 7.28. The Kier molecular flexibility index (Phi) is 5.97. The molecule has 46 heavy (non-hydrogen) atoms. The Morgan fingerprint density at radius 2 is 0.609 bits per heavy atom. The zero-order valence-corrected chi connectivity index (χ0v) is 25.9. The summed E-state index contributed by atoms with van der Waals surface area (Å²) in [6.07, 6.45) is 0. The van der Waals surface area contributed by atoms with Crippen molar-refractivity contribution in [1.29, 1.82) is 0 Å². The molecule has 0 amide bonds. The molecule has 9 rings (SSSR count). The van der Waals surface area contributed by atoms with Crippen LogP contribution in [0.2, 0.25) is 0 Å². The molecule has 2 heterocycles. The summed E-state index contributed by atoms with van der Waals surface area (Å²) < 4.78 is 4.76. The monoisotopic (exact) mass is 588 g/mol. The molecule has 0 aliphatic heterocycles. The third-order valence-corrected chi connectivity index (χ3v) is 9.67. The van der Waals surface area contributed by atoms with E-state index < -0.39 is 0 Å². The first-order valence-electron chi connectivity index (χ1n) is 15.9. The quantitative estimate of drug-likeness (QED) is 0.194. The molecule has 0 unspecified atom stereocenters. The van der Waals surface area contributed by atoms with Gasteiger partial charge in [-0.2, -0.15) is 0 Å². The maximum absolute atomic E-state index is 2.38. The molecule has 2 nitrogen and oxygen atoms in total. The molecule has 218 valence electrons. The van der Waals surface area contributed by atoms with Crippen molar-refractivity contribution in [2.45, 2.75) is 13.8 Å². The number of hydrogen-bond donors (Lipinski definition) is 0. The van der Waals surface area contributed by atoms with Crippen LogP contribution in [-0.4, -0.2) is 9.13 Å². The Hall–Kier alpha value is -5.86. The minimum absolute atomic E-state index is 1.17. The van der Waals surface area contributed by atoms with E-state index in [4.69, 9.17) is 0 Å². The molecular formula is C44H32N2. The Morgan fingerprint density at radius 3 is 0.913 bits per heavy atom. The predicted molar refractivity (Wildman–Crippen MR) is 195 cm³/mol. The summed E-state index contributed by atoms with van der Waals surface area (Å²) in [4.78, 5) is 0. The van der Waals surface area contributed by atoms with Gasteiger partial charge in [-0.05, 0) is 95.8 Å². The van der Waals surface area contributed by atoms with E-state index in [0.717, 1.165) is 0 Å². The molecule has 0 saturated heterocycles. The highest BCUT2D eigenvalue weighted by Gasteiger charge is 2.15. The van der Waals surface area contributed by atoms with Crippen molar-refractivity contribution >= 4 is 43.6 Å².